The molecular formula is C21H25NO3. The number of hydrogen-bond acceptors (Lipinski definition) is 3. The van der Waals surface area contributed by atoms with Crippen LogP contribution in [0.2, 0.25) is 0 Å². The normalized spacial score (nSPS) is 16.2. The van der Waals surface area contributed by atoms with Crippen molar-refractivity contribution in [2.24, 2.45) is 0 Å². The monoisotopic (exact) mass is 339 g/mol. The predicted molar refractivity (Wildman–Crippen MR) is 97.9 cm³/mol. The molecule has 25 heavy (non-hydrogen) atoms. The van der Waals surface area contributed by atoms with Gasteiger partial charge in [0.15, 0.2) is 0 Å². The Morgan fingerprint density at radius 3 is 2.32 bits per heavy atom. The Morgan fingerprint density at radius 1 is 1.00 bits per heavy atom. The van der Waals surface area contributed by atoms with Gasteiger partial charge >= 0.3 is 0 Å². The molecule has 1 fully saturated rings. The summed E-state index contributed by atoms with van der Waals surface area (Å²) in [4.78, 5) is 14.6. The van der Waals surface area contributed by atoms with E-state index in [4.69, 9.17) is 4.74 Å². The predicted octanol–water partition coefficient (Wildman–Crippen LogP) is 3.79. The number of aliphatic hydroxyl groups excluding tert-OH is 1. The van der Waals surface area contributed by atoms with Crippen LogP contribution in [0.15, 0.2) is 48.5 Å². The van der Waals surface area contributed by atoms with E-state index in [1.807, 2.05) is 53.4 Å². The van der Waals surface area contributed by atoms with Crippen LogP contribution in [0.25, 0.3) is 0 Å². The van der Waals surface area contributed by atoms with Gasteiger partial charge in [-0.05, 0) is 48.2 Å². The number of carbonyl (C=O) groups excluding carboxylic acids is 1. The first kappa shape index (κ1) is 17.5. The van der Waals surface area contributed by atoms with Gasteiger partial charge in [-0.1, -0.05) is 37.1 Å². The summed E-state index contributed by atoms with van der Waals surface area (Å²) in [6.45, 7) is 1.68. The molecule has 0 spiro atoms. The quantitative estimate of drug-likeness (QED) is 0.922. The Morgan fingerprint density at radius 2 is 1.68 bits per heavy atom. The largest absolute Gasteiger partial charge is 0.497 e. The highest BCUT2D eigenvalue weighted by atomic mass is 16.5. The van der Waals surface area contributed by atoms with Gasteiger partial charge in [-0.2, -0.15) is 0 Å². The Balaban J connectivity index is 1.73. The first-order valence-corrected chi connectivity index (χ1v) is 8.90. The molecule has 0 bridgehead atoms. The highest BCUT2D eigenvalue weighted by Crippen LogP contribution is 2.25. The van der Waals surface area contributed by atoms with E-state index in [1.165, 1.54) is 12.8 Å². The first-order chi connectivity index (χ1) is 12.2. The summed E-state index contributed by atoms with van der Waals surface area (Å²) in [5.41, 5.74) is 2.22. The van der Waals surface area contributed by atoms with Crippen LogP contribution in [0.1, 0.15) is 53.3 Å². The Labute approximate surface area is 149 Å². The molecule has 3 rings (SSSR count). The lowest BCUT2D eigenvalue weighted by molar-refractivity contribution is 0.0761. The number of methoxy groups -OCH3 is 1. The van der Waals surface area contributed by atoms with E-state index >= 15 is 0 Å². The fourth-order valence-corrected chi connectivity index (χ4v) is 3.27. The number of carbonyl (C=O) groups is 1. The number of rotatable bonds is 4. The molecule has 1 heterocycles. The molecule has 1 N–H and O–H groups in total. The number of aliphatic hydroxyl groups is 1. The minimum Gasteiger partial charge on any atom is -0.497 e. The minimum atomic E-state index is -0.738. The third-order valence-electron chi connectivity index (χ3n) is 4.78. The average Bonchev–Trinajstić information content (AvgIpc) is 2.96. The Kier molecular flexibility index (Phi) is 5.71. The molecule has 2 aromatic rings. The minimum absolute atomic E-state index is 0.0873. The lowest BCUT2D eigenvalue weighted by atomic mass is 10.00. The van der Waals surface area contributed by atoms with Gasteiger partial charge in [0.25, 0.3) is 5.91 Å². The zero-order chi connectivity index (χ0) is 17.6. The van der Waals surface area contributed by atoms with Crippen LogP contribution >= 0.6 is 0 Å². The summed E-state index contributed by atoms with van der Waals surface area (Å²) in [5.74, 6) is 0.800. The van der Waals surface area contributed by atoms with Crippen molar-refractivity contribution in [1.82, 2.24) is 4.90 Å². The second-order valence-electron chi connectivity index (χ2n) is 6.51. The number of benzene rings is 2. The number of amides is 1. The van der Waals surface area contributed by atoms with Crippen LogP contribution in [-0.2, 0) is 0 Å². The van der Waals surface area contributed by atoms with Gasteiger partial charge in [-0.15, -0.1) is 0 Å². The van der Waals surface area contributed by atoms with Crippen LogP contribution in [0, 0.1) is 0 Å². The average molecular weight is 339 g/mol. The van der Waals surface area contributed by atoms with E-state index in [9.17, 15) is 9.90 Å². The summed E-state index contributed by atoms with van der Waals surface area (Å²) >= 11 is 0. The lowest BCUT2D eigenvalue weighted by Gasteiger charge is -2.20. The summed E-state index contributed by atoms with van der Waals surface area (Å²) in [7, 11) is 1.61. The van der Waals surface area contributed by atoms with E-state index < -0.39 is 6.10 Å². The van der Waals surface area contributed by atoms with Crippen LogP contribution in [0.5, 0.6) is 5.75 Å². The molecule has 1 unspecified atom stereocenters. The molecule has 0 saturated carbocycles. The molecular weight excluding hydrogens is 314 g/mol. The van der Waals surface area contributed by atoms with Crippen LogP contribution in [-0.4, -0.2) is 36.1 Å². The summed E-state index contributed by atoms with van der Waals surface area (Å²) in [6, 6.07) is 14.7. The van der Waals surface area contributed by atoms with Crippen LogP contribution in [0.4, 0.5) is 0 Å². The highest BCUT2D eigenvalue weighted by Gasteiger charge is 2.18. The summed E-state index contributed by atoms with van der Waals surface area (Å²) < 4.78 is 5.21. The van der Waals surface area contributed by atoms with Crippen molar-refractivity contribution in [3.63, 3.8) is 0 Å². The molecule has 132 valence electrons. The molecule has 1 aliphatic heterocycles. The topological polar surface area (TPSA) is 49.8 Å². The maximum absolute atomic E-state index is 12.6. The van der Waals surface area contributed by atoms with Crippen molar-refractivity contribution in [3.05, 3.63) is 65.2 Å². The molecule has 0 radical (unpaired) electrons. The van der Waals surface area contributed by atoms with Gasteiger partial charge in [0.1, 0.15) is 11.9 Å². The van der Waals surface area contributed by atoms with E-state index in [2.05, 4.69) is 0 Å². The van der Waals surface area contributed by atoms with Crippen molar-refractivity contribution in [2.45, 2.75) is 31.8 Å². The van der Waals surface area contributed by atoms with Crippen LogP contribution < -0.4 is 4.74 Å². The molecule has 4 nitrogen and oxygen atoms in total. The van der Waals surface area contributed by atoms with Crippen molar-refractivity contribution >= 4 is 5.91 Å². The van der Waals surface area contributed by atoms with E-state index in [-0.39, 0.29) is 5.91 Å². The zero-order valence-corrected chi connectivity index (χ0v) is 14.6. The number of likely N-dealkylation sites (tertiary alicyclic amines) is 1. The van der Waals surface area contributed by atoms with Gasteiger partial charge in [0.2, 0.25) is 0 Å². The molecule has 0 aromatic heterocycles. The smallest absolute Gasteiger partial charge is 0.253 e. The third-order valence-corrected chi connectivity index (χ3v) is 4.78. The SMILES string of the molecule is COc1cccc(C(O)c2ccc(C(=O)N3CCCCCC3)cc2)c1. The second kappa shape index (κ2) is 8.17. The first-order valence-electron chi connectivity index (χ1n) is 8.90. The van der Waals surface area contributed by atoms with Crippen molar-refractivity contribution in [3.8, 4) is 5.75 Å². The van der Waals surface area contributed by atoms with Gasteiger partial charge in [-0.25, -0.2) is 0 Å². The molecule has 0 aliphatic carbocycles. The van der Waals surface area contributed by atoms with E-state index in [0.29, 0.717) is 11.3 Å². The summed E-state index contributed by atoms with van der Waals surface area (Å²) in [6.07, 6.45) is 3.83. The molecule has 1 atom stereocenters. The van der Waals surface area contributed by atoms with Gasteiger partial charge < -0.3 is 14.7 Å². The highest BCUT2D eigenvalue weighted by molar-refractivity contribution is 5.94. The molecule has 1 aliphatic rings. The van der Waals surface area contributed by atoms with Gasteiger partial charge in [0, 0.05) is 18.7 Å². The fourth-order valence-electron chi connectivity index (χ4n) is 3.27. The Hall–Kier alpha value is -2.33. The summed E-state index contributed by atoms with van der Waals surface area (Å²) in [5, 5.41) is 10.6. The number of nitrogens with zero attached hydrogens (tertiary/aromatic N) is 1. The lowest BCUT2D eigenvalue weighted by Crippen LogP contribution is -2.31. The maximum atomic E-state index is 12.6. The van der Waals surface area contributed by atoms with Crippen molar-refractivity contribution in [1.29, 1.82) is 0 Å². The molecule has 1 amide bonds. The third kappa shape index (κ3) is 4.20. The fraction of sp³-hybridized carbons (Fsp3) is 0.381. The Bertz CT molecular complexity index is 703. The maximum Gasteiger partial charge on any atom is 0.253 e. The van der Waals surface area contributed by atoms with Gasteiger partial charge in [0.05, 0.1) is 7.11 Å². The standard InChI is InChI=1S/C21H25NO3/c1-25-19-8-6-7-18(15-19)20(23)16-9-11-17(12-10-16)21(24)22-13-4-2-3-5-14-22/h6-12,15,20,23H,2-5,13-14H2,1H3. The van der Waals surface area contributed by atoms with Crippen molar-refractivity contribution < 1.29 is 14.6 Å². The zero-order valence-electron chi connectivity index (χ0n) is 14.6. The molecule has 4 heteroatoms. The van der Waals surface area contributed by atoms with Crippen LogP contribution in [0.3, 0.4) is 0 Å². The van der Waals surface area contributed by atoms with Crippen molar-refractivity contribution in [2.75, 3.05) is 20.2 Å². The molecule has 1 saturated heterocycles. The second-order valence-corrected chi connectivity index (χ2v) is 6.51. The van der Waals surface area contributed by atoms with Gasteiger partial charge in [-0.3, -0.25) is 4.79 Å². The van der Waals surface area contributed by atoms with E-state index in [1.54, 1.807) is 7.11 Å². The van der Waals surface area contributed by atoms with E-state index in [0.717, 1.165) is 37.1 Å². The number of hydrogen-bond donors (Lipinski definition) is 1. The number of ether oxygens (including phenoxy) is 1. The molecule has 2 aromatic carbocycles.